The molecule has 0 radical (unpaired) electrons. The van der Waals surface area contributed by atoms with Gasteiger partial charge in [0, 0.05) is 11.6 Å². The largest absolute Gasteiger partial charge is 0.476 e. The van der Waals surface area contributed by atoms with Gasteiger partial charge in [-0.2, -0.15) is 0 Å². The van der Waals surface area contributed by atoms with Crippen LogP contribution in [0, 0.1) is 6.92 Å². The van der Waals surface area contributed by atoms with Gasteiger partial charge in [0.15, 0.2) is 6.10 Å². The molecule has 0 aliphatic carbocycles. The van der Waals surface area contributed by atoms with Crippen LogP contribution in [0.25, 0.3) is 0 Å². The number of benzene rings is 3. The Morgan fingerprint density at radius 1 is 1.06 bits per heavy atom. The average Bonchev–Trinajstić information content (AvgIpc) is 2.83. The van der Waals surface area contributed by atoms with Gasteiger partial charge in [-0.3, -0.25) is 9.10 Å². The lowest BCUT2D eigenvalue weighted by molar-refractivity contribution is -0.127. The summed E-state index contributed by atoms with van der Waals surface area (Å²) in [6.07, 6.45) is -0.365. The van der Waals surface area contributed by atoms with E-state index in [-0.39, 0.29) is 22.8 Å². The summed E-state index contributed by atoms with van der Waals surface area (Å²) in [4.78, 5) is 13.2. The number of hydrogen-bond donors (Lipinski definition) is 1. The number of halogens is 1. The van der Waals surface area contributed by atoms with Crippen LogP contribution in [-0.2, 0) is 26.7 Å². The molecule has 0 fully saturated rings. The Kier molecular flexibility index (Phi) is 7.34. The monoisotopic (exact) mass is 526 g/mol. The molecule has 4 rings (SSSR count). The summed E-state index contributed by atoms with van der Waals surface area (Å²) in [5.74, 6) is 0.00130. The molecule has 0 aromatic heterocycles. The zero-order valence-corrected chi connectivity index (χ0v) is 22.5. The molecular formula is C28H31ClN2O4S. The highest BCUT2D eigenvalue weighted by molar-refractivity contribution is 7.92. The fourth-order valence-corrected chi connectivity index (χ4v) is 5.61. The maximum atomic E-state index is 13.7. The molecular weight excluding hydrogens is 496 g/mol. The maximum absolute atomic E-state index is 13.7. The molecule has 0 saturated carbocycles. The highest BCUT2D eigenvalue weighted by Crippen LogP contribution is 2.40. The van der Waals surface area contributed by atoms with Crippen molar-refractivity contribution in [3.63, 3.8) is 0 Å². The lowest BCUT2D eigenvalue weighted by Crippen LogP contribution is -2.51. The Balaban J connectivity index is 1.61. The molecule has 0 saturated heterocycles. The van der Waals surface area contributed by atoms with Gasteiger partial charge in [-0.15, -0.1) is 0 Å². The first-order valence-electron chi connectivity index (χ1n) is 11.9. The van der Waals surface area contributed by atoms with Gasteiger partial charge in [-0.05, 0) is 66.3 Å². The molecule has 36 heavy (non-hydrogen) atoms. The van der Waals surface area contributed by atoms with Crippen LogP contribution in [0.1, 0.15) is 37.5 Å². The lowest BCUT2D eigenvalue weighted by Gasteiger charge is -2.36. The predicted octanol–water partition coefficient (Wildman–Crippen LogP) is 5.26. The molecule has 3 aromatic rings. The quantitative estimate of drug-likeness (QED) is 0.475. The first kappa shape index (κ1) is 26.0. The van der Waals surface area contributed by atoms with E-state index in [1.165, 1.54) is 4.31 Å². The topological polar surface area (TPSA) is 75.7 Å². The van der Waals surface area contributed by atoms with Crippen LogP contribution in [0.5, 0.6) is 5.75 Å². The molecule has 1 aliphatic rings. The Morgan fingerprint density at radius 3 is 2.36 bits per heavy atom. The van der Waals surface area contributed by atoms with E-state index in [2.05, 4.69) is 26.1 Å². The predicted molar refractivity (Wildman–Crippen MR) is 143 cm³/mol. The molecule has 3 aromatic carbocycles. The summed E-state index contributed by atoms with van der Waals surface area (Å²) in [6.45, 7) is 8.36. The average molecular weight is 527 g/mol. The van der Waals surface area contributed by atoms with E-state index in [0.29, 0.717) is 29.4 Å². The molecule has 0 spiro atoms. The number of carbonyl (C=O) groups excluding carboxylic acids is 1. The summed E-state index contributed by atoms with van der Waals surface area (Å²) in [5.41, 5.74) is 3.22. The van der Waals surface area contributed by atoms with E-state index in [1.54, 1.807) is 42.5 Å². The van der Waals surface area contributed by atoms with E-state index < -0.39 is 16.1 Å². The SMILES string of the molecule is Cc1ccc(S(=O)(=O)N2CC(C(=O)NCCc3ccc(Cl)cc3)Oc3ccc(C(C)(C)C)cc32)cc1. The molecule has 1 unspecified atom stereocenters. The number of sulfonamides is 1. The first-order valence-corrected chi connectivity index (χ1v) is 13.7. The van der Waals surface area contributed by atoms with Crippen molar-refractivity contribution in [2.24, 2.45) is 0 Å². The number of carbonyl (C=O) groups is 1. The van der Waals surface area contributed by atoms with Gasteiger partial charge in [-0.25, -0.2) is 8.42 Å². The highest BCUT2D eigenvalue weighted by atomic mass is 35.5. The van der Waals surface area contributed by atoms with Crippen molar-refractivity contribution in [1.29, 1.82) is 0 Å². The molecule has 6 nitrogen and oxygen atoms in total. The van der Waals surface area contributed by atoms with Crippen LogP contribution < -0.4 is 14.4 Å². The molecule has 8 heteroatoms. The summed E-state index contributed by atoms with van der Waals surface area (Å²) >= 11 is 5.94. The van der Waals surface area contributed by atoms with Crippen LogP contribution in [0.15, 0.2) is 71.6 Å². The number of ether oxygens (including phenoxy) is 1. The Bertz CT molecular complexity index is 1350. The van der Waals surface area contributed by atoms with E-state index in [9.17, 15) is 13.2 Å². The van der Waals surface area contributed by atoms with Gasteiger partial charge in [0.2, 0.25) is 0 Å². The van der Waals surface area contributed by atoms with Gasteiger partial charge >= 0.3 is 0 Å². The fraction of sp³-hybridized carbons (Fsp3) is 0.321. The molecule has 1 N–H and O–H groups in total. The van der Waals surface area contributed by atoms with Gasteiger partial charge in [0.05, 0.1) is 17.1 Å². The first-order chi connectivity index (χ1) is 16.9. The van der Waals surface area contributed by atoms with Gasteiger partial charge in [0.25, 0.3) is 15.9 Å². The van der Waals surface area contributed by atoms with E-state index >= 15 is 0 Å². The number of nitrogens with one attached hydrogen (secondary N) is 1. The van der Waals surface area contributed by atoms with E-state index in [0.717, 1.165) is 16.7 Å². The number of nitrogens with zero attached hydrogens (tertiary/aromatic N) is 1. The second-order valence-electron chi connectivity index (χ2n) is 10.1. The number of hydrogen-bond acceptors (Lipinski definition) is 4. The van der Waals surface area contributed by atoms with Crippen molar-refractivity contribution in [2.75, 3.05) is 17.4 Å². The maximum Gasteiger partial charge on any atom is 0.264 e. The molecule has 0 bridgehead atoms. The van der Waals surface area contributed by atoms with E-state index in [1.807, 2.05) is 31.2 Å². The molecule has 1 aliphatic heterocycles. The second-order valence-corrected chi connectivity index (χ2v) is 12.4. The zero-order chi connectivity index (χ0) is 26.1. The van der Waals surface area contributed by atoms with E-state index in [4.69, 9.17) is 16.3 Å². The van der Waals surface area contributed by atoms with Crippen molar-refractivity contribution in [1.82, 2.24) is 5.32 Å². The Hall–Kier alpha value is -3.03. The molecule has 1 amide bonds. The number of rotatable bonds is 6. The minimum absolute atomic E-state index is 0.121. The number of anilines is 1. The summed E-state index contributed by atoms with van der Waals surface area (Å²) in [7, 11) is -3.93. The minimum atomic E-state index is -3.93. The van der Waals surface area contributed by atoms with Crippen LogP contribution in [0.2, 0.25) is 5.02 Å². The van der Waals surface area contributed by atoms with Crippen molar-refractivity contribution in [2.45, 2.75) is 50.5 Å². The minimum Gasteiger partial charge on any atom is -0.476 e. The third kappa shape index (κ3) is 5.68. The van der Waals surface area contributed by atoms with Crippen LogP contribution in [-0.4, -0.2) is 33.5 Å². The summed E-state index contributed by atoms with van der Waals surface area (Å²) < 4.78 is 34.8. The van der Waals surface area contributed by atoms with Crippen molar-refractivity contribution >= 4 is 33.2 Å². The van der Waals surface area contributed by atoms with Crippen molar-refractivity contribution in [3.8, 4) is 5.75 Å². The molecule has 190 valence electrons. The van der Waals surface area contributed by atoms with Crippen LogP contribution in [0.4, 0.5) is 5.69 Å². The van der Waals surface area contributed by atoms with Gasteiger partial charge in [-0.1, -0.05) is 68.3 Å². The lowest BCUT2D eigenvalue weighted by atomic mass is 9.86. The Morgan fingerprint density at radius 2 is 1.72 bits per heavy atom. The standard InChI is InChI=1S/C28H31ClN2O4S/c1-19-5-12-23(13-6-19)36(33,34)31-18-26(27(32)30-16-15-20-7-10-22(29)11-8-20)35-25-14-9-21(17-24(25)31)28(2,3)4/h5-14,17,26H,15-16,18H2,1-4H3,(H,30,32). The third-order valence-electron chi connectivity index (χ3n) is 6.22. The number of aryl methyl sites for hydroxylation is 1. The number of fused-ring (bicyclic) bond motifs is 1. The normalized spacial score (nSPS) is 15.7. The smallest absolute Gasteiger partial charge is 0.264 e. The van der Waals surface area contributed by atoms with Gasteiger partial charge < -0.3 is 10.1 Å². The molecule has 1 heterocycles. The zero-order valence-electron chi connectivity index (χ0n) is 20.9. The number of amides is 1. The van der Waals surface area contributed by atoms with Crippen LogP contribution >= 0.6 is 11.6 Å². The Labute approximate surface area is 218 Å². The van der Waals surface area contributed by atoms with Crippen LogP contribution in [0.3, 0.4) is 0 Å². The van der Waals surface area contributed by atoms with Gasteiger partial charge in [0.1, 0.15) is 5.75 Å². The summed E-state index contributed by atoms with van der Waals surface area (Å²) in [5, 5.41) is 3.54. The van der Waals surface area contributed by atoms with Crippen molar-refractivity contribution in [3.05, 3.63) is 88.4 Å². The highest BCUT2D eigenvalue weighted by Gasteiger charge is 2.38. The third-order valence-corrected chi connectivity index (χ3v) is 8.27. The summed E-state index contributed by atoms with van der Waals surface area (Å²) in [6, 6.07) is 19.6. The second kappa shape index (κ2) is 10.1. The fourth-order valence-electron chi connectivity index (χ4n) is 4.01. The molecule has 1 atom stereocenters. The van der Waals surface area contributed by atoms with Crippen molar-refractivity contribution < 1.29 is 17.9 Å².